The van der Waals surface area contributed by atoms with Crippen molar-refractivity contribution in [2.75, 3.05) is 0 Å². The lowest BCUT2D eigenvalue weighted by Gasteiger charge is -2.16. The average molecular weight is 263 g/mol. The Morgan fingerprint density at radius 2 is 1.84 bits per heavy atom. The number of carboxylic acid groups (broad SMARTS) is 1. The van der Waals surface area contributed by atoms with Crippen LogP contribution in [0.5, 0.6) is 0 Å². The number of rotatable bonds is 4. The second kappa shape index (κ2) is 5.22. The number of carbonyl (C=O) groups is 1. The number of aryl methyl sites for hydroxylation is 3. The van der Waals surface area contributed by atoms with Crippen molar-refractivity contribution >= 4 is 6.09 Å². The lowest BCUT2D eigenvalue weighted by atomic mass is 10.3. The number of furan rings is 2. The molecule has 0 aromatic carbocycles. The third-order valence-corrected chi connectivity index (χ3v) is 2.98. The zero-order valence-electron chi connectivity index (χ0n) is 11.3. The minimum absolute atomic E-state index is 0.210. The van der Waals surface area contributed by atoms with E-state index in [0.717, 1.165) is 17.1 Å². The van der Waals surface area contributed by atoms with Crippen molar-refractivity contribution in [3.8, 4) is 0 Å². The number of nitrogens with zero attached hydrogens (tertiary/aromatic N) is 1. The molecule has 2 rings (SSSR count). The third-order valence-electron chi connectivity index (χ3n) is 2.98. The van der Waals surface area contributed by atoms with Gasteiger partial charge in [-0.2, -0.15) is 0 Å². The van der Waals surface area contributed by atoms with Gasteiger partial charge >= 0.3 is 6.09 Å². The van der Waals surface area contributed by atoms with Crippen LogP contribution in [-0.2, 0) is 13.1 Å². The van der Waals surface area contributed by atoms with Crippen molar-refractivity contribution in [2.45, 2.75) is 33.9 Å². The summed E-state index contributed by atoms with van der Waals surface area (Å²) in [5.74, 6) is 2.85. The minimum atomic E-state index is -0.999. The van der Waals surface area contributed by atoms with E-state index < -0.39 is 6.09 Å². The molecular weight excluding hydrogens is 246 g/mol. The van der Waals surface area contributed by atoms with Gasteiger partial charge < -0.3 is 13.9 Å². The van der Waals surface area contributed by atoms with Crippen molar-refractivity contribution in [2.24, 2.45) is 0 Å². The van der Waals surface area contributed by atoms with Gasteiger partial charge in [-0.05, 0) is 44.5 Å². The fourth-order valence-corrected chi connectivity index (χ4v) is 1.87. The predicted molar refractivity (Wildman–Crippen MR) is 68.9 cm³/mol. The largest absolute Gasteiger partial charge is 0.465 e. The maximum absolute atomic E-state index is 11.2. The first-order valence-electron chi connectivity index (χ1n) is 6.05. The summed E-state index contributed by atoms with van der Waals surface area (Å²) in [6, 6.07) is 5.46. The van der Waals surface area contributed by atoms with Crippen LogP contribution in [0.25, 0.3) is 0 Å². The molecule has 0 fully saturated rings. The van der Waals surface area contributed by atoms with Gasteiger partial charge in [0.05, 0.1) is 13.1 Å². The van der Waals surface area contributed by atoms with Crippen LogP contribution in [0.2, 0.25) is 0 Å². The molecule has 0 saturated carbocycles. The summed E-state index contributed by atoms with van der Waals surface area (Å²) in [4.78, 5) is 12.5. The van der Waals surface area contributed by atoms with Crippen LogP contribution in [0.15, 0.2) is 27.0 Å². The molecule has 5 heteroatoms. The van der Waals surface area contributed by atoms with Gasteiger partial charge in [0.1, 0.15) is 23.0 Å². The average Bonchev–Trinajstić information content (AvgIpc) is 2.85. The molecule has 0 aliphatic carbocycles. The summed E-state index contributed by atoms with van der Waals surface area (Å²) in [6.45, 7) is 6.04. The van der Waals surface area contributed by atoms with Crippen molar-refractivity contribution in [1.82, 2.24) is 4.90 Å². The van der Waals surface area contributed by atoms with E-state index in [-0.39, 0.29) is 13.1 Å². The van der Waals surface area contributed by atoms with E-state index in [1.165, 1.54) is 4.90 Å². The maximum Gasteiger partial charge on any atom is 0.408 e. The van der Waals surface area contributed by atoms with E-state index in [4.69, 9.17) is 8.83 Å². The van der Waals surface area contributed by atoms with Gasteiger partial charge in [0.2, 0.25) is 0 Å². The van der Waals surface area contributed by atoms with E-state index >= 15 is 0 Å². The predicted octanol–water partition coefficient (Wildman–Crippen LogP) is 3.48. The Morgan fingerprint density at radius 3 is 2.32 bits per heavy atom. The van der Waals surface area contributed by atoms with Crippen LogP contribution in [0, 0.1) is 20.8 Å². The molecule has 2 heterocycles. The molecule has 102 valence electrons. The molecule has 0 atom stereocenters. The summed E-state index contributed by atoms with van der Waals surface area (Å²) in [5.41, 5.74) is 1.02. The van der Waals surface area contributed by atoms with Crippen molar-refractivity contribution in [1.29, 1.82) is 0 Å². The highest BCUT2D eigenvalue weighted by atomic mass is 16.4. The van der Waals surface area contributed by atoms with E-state index in [2.05, 4.69) is 0 Å². The van der Waals surface area contributed by atoms with Gasteiger partial charge in [-0.15, -0.1) is 0 Å². The second-order valence-electron chi connectivity index (χ2n) is 4.60. The van der Waals surface area contributed by atoms with Gasteiger partial charge in [0.25, 0.3) is 0 Å². The molecule has 2 aromatic rings. The first-order chi connectivity index (χ1) is 8.95. The monoisotopic (exact) mass is 263 g/mol. The molecule has 0 radical (unpaired) electrons. The molecule has 0 bridgehead atoms. The molecule has 0 saturated heterocycles. The Balaban J connectivity index is 2.10. The van der Waals surface area contributed by atoms with E-state index in [9.17, 15) is 9.90 Å². The van der Waals surface area contributed by atoms with Gasteiger partial charge in [0.15, 0.2) is 0 Å². The van der Waals surface area contributed by atoms with Crippen LogP contribution in [0.3, 0.4) is 0 Å². The Labute approximate surface area is 111 Å². The van der Waals surface area contributed by atoms with Crippen LogP contribution in [0.4, 0.5) is 4.79 Å². The first-order valence-corrected chi connectivity index (χ1v) is 6.05. The summed E-state index contributed by atoms with van der Waals surface area (Å²) >= 11 is 0. The lowest BCUT2D eigenvalue weighted by molar-refractivity contribution is 0.131. The highest BCUT2D eigenvalue weighted by molar-refractivity contribution is 5.64. The van der Waals surface area contributed by atoms with Crippen LogP contribution in [-0.4, -0.2) is 16.1 Å². The van der Waals surface area contributed by atoms with Crippen molar-refractivity contribution in [3.63, 3.8) is 0 Å². The molecule has 0 aliphatic heterocycles. The fourth-order valence-electron chi connectivity index (χ4n) is 1.87. The van der Waals surface area contributed by atoms with Crippen LogP contribution < -0.4 is 0 Å². The highest BCUT2D eigenvalue weighted by Crippen LogP contribution is 2.17. The molecule has 5 nitrogen and oxygen atoms in total. The fraction of sp³-hybridized carbons (Fsp3) is 0.357. The molecular formula is C14H17NO4. The summed E-state index contributed by atoms with van der Waals surface area (Å²) in [7, 11) is 0. The zero-order valence-corrected chi connectivity index (χ0v) is 11.3. The van der Waals surface area contributed by atoms with E-state index in [0.29, 0.717) is 11.5 Å². The smallest absolute Gasteiger partial charge is 0.408 e. The maximum atomic E-state index is 11.2. The molecule has 0 unspecified atom stereocenters. The molecule has 0 spiro atoms. The standard InChI is InChI=1S/C14H17NO4/c1-9-6-13(19-11(9)3)8-15(14(16)17)7-12-5-4-10(2)18-12/h4-6H,7-8H2,1-3H3,(H,16,17). The lowest BCUT2D eigenvalue weighted by Crippen LogP contribution is -2.28. The Hall–Kier alpha value is -2.17. The second-order valence-corrected chi connectivity index (χ2v) is 4.60. The third kappa shape index (κ3) is 3.19. The van der Waals surface area contributed by atoms with Gasteiger partial charge in [-0.25, -0.2) is 4.79 Å². The van der Waals surface area contributed by atoms with Crippen LogP contribution >= 0.6 is 0 Å². The molecule has 19 heavy (non-hydrogen) atoms. The Bertz CT molecular complexity index is 563. The zero-order chi connectivity index (χ0) is 14.0. The Morgan fingerprint density at radius 1 is 1.16 bits per heavy atom. The highest BCUT2D eigenvalue weighted by Gasteiger charge is 2.17. The molecule has 1 amide bonds. The molecule has 0 aliphatic rings. The summed E-state index contributed by atoms with van der Waals surface area (Å²) in [6.07, 6.45) is -0.999. The van der Waals surface area contributed by atoms with Gasteiger partial charge in [-0.3, -0.25) is 4.90 Å². The summed E-state index contributed by atoms with van der Waals surface area (Å²) in [5, 5.41) is 9.22. The van der Waals surface area contributed by atoms with Crippen LogP contribution in [0.1, 0.15) is 28.6 Å². The molecule has 1 N–H and O–H groups in total. The SMILES string of the molecule is Cc1ccc(CN(Cc2cc(C)c(C)o2)C(=O)O)o1. The van der Waals surface area contributed by atoms with Crippen molar-refractivity contribution in [3.05, 3.63) is 46.8 Å². The number of hydrogen-bond acceptors (Lipinski definition) is 3. The van der Waals surface area contributed by atoms with E-state index in [1.54, 1.807) is 6.07 Å². The topological polar surface area (TPSA) is 66.8 Å². The quantitative estimate of drug-likeness (QED) is 0.917. The molecule has 2 aromatic heterocycles. The van der Waals surface area contributed by atoms with Crippen molar-refractivity contribution < 1.29 is 18.7 Å². The minimum Gasteiger partial charge on any atom is -0.465 e. The van der Waals surface area contributed by atoms with Gasteiger partial charge in [0, 0.05) is 0 Å². The van der Waals surface area contributed by atoms with Gasteiger partial charge in [-0.1, -0.05) is 0 Å². The Kier molecular flexibility index (Phi) is 3.64. The first kappa shape index (κ1) is 13.3. The number of hydrogen-bond donors (Lipinski definition) is 1. The summed E-state index contributed by atoms with van der Waals surface area (Å²) < 4.78 is 10.9. The van der Waals surface area contributed by atoms with E-state index in [1.807, 2.05) is 32.9 Å². The normalized spacial score (nSPS) is 10.7. The number of amides is 1.